The summed E-state index contributed by atoms with van der Waals surface area (Å²) < 4.78 is 11.5. The van der Waals surface area contributed by atoms with E-state index in [1.807, 2.05) is 0 Å². The molecule has 1 aromatic carbocycles. The monoisotopic (exact) mass is 313 g/mol. The van der Waals surface area contributed by atoms with E-state index in [-0.39, 0.29) is 11.8 Å². The Bertz CT molecular complexity index is 907. The van der Waals surface area contributed by atoms with Gasteiger partial charge in [0.2, 0.25) is 5.91 Å². The number of carbonyl (C=O) groups excluding carboxylic acids is 2. The second-order valence-electron chi connectivity index (χ2n) is 5.09. The molecule has 7 nitrogen and oxygen atoms in total. The van der Waals surface area contributed by atoms with Gasteiger partial charge in [-0.25, -0.2) is 0 Å². The van der Waals surface area contributed by atoms with E-state index in [1.165, 1.54) is 17.7 Å². The maximum Gasteiger partial charge on any atom is 0.259 e. The lowest BCUT2D eigenvalue weighted by atomic mass is 10.1. The zero-order valence-corrected chi connectivity index (χ0v) is 12.9. The second kappa shape index (κ2) is 5.60. The van der Waals surface area contributed by atoms with Gasteiger partial charge < -0.3 is 14.6 Å². The molecule has 0 bridgehead atoms. The smallest absolute Gasteiger partial charge is 0.259 e. The first-order valence-corrected chi connectivity index (χ1v) is 6.94. The lowest BCUT2D eigenvalue weighted by Gasteiger charge is -2.02. The lowest BCUT2D eigenvalue weighted by Crippen LogP contribution is -2.12. The first-order valence-electron chi connectivity index (χ1n) is 6.94. The van der Waals surface area contributed by atoms with Crippen LogP contribution in [-0.4, -0.2) is 28.6 Å². The maximum atomic E-state index is 12.5. The van der Waals surface area contributed by atoms with Crippen molar-refractivity contribution in [3.05, 3.63) is 41.8 Å². The molecular weight excluding hydrogens is 298 g/mol. The predicted molar refractivity (Wildman–Crippen MR) is 84.0 cm³/mol. The SMILES string of the molecule is COc1ccc2c(c1)c(C(=O)Nc1cc(C)on1)cn2C(C)=O. The van der Waals surface area contributed by atoms with Crippen molar-refractivity contribution < 1.29 is 18.8 Å². The van der Waals surface area contributed by atoms with Crippen LogP contribution in [0, 0.1) is 6.92 Å². The molecular formula is C16H15N3O4. The summed E-state index contributed by atoms with van der Waals surface area (Å²) in [5.41, 5.74) is 0.995. The highest BCUT2D eigenvalue weighted by Gasteiger charge is 2.18. The molecule has 2 aromatic heterocycles. The predicted octanol–water partition coefficient (Wildman–Crippen LogP) is 2.86. The lowest BCUT2D eigenvalue weighted by molar-refractivity contribution is 0.0941. The average molecular weight is 313 g/mol. The van der Waals surface area contributed by atoms with E-state index in [2.05, 4.69) is 10.5 Å². The van der Waals surface area contributed by atoms with Gasteiger partial charge in [-0.3, -0.25) is 14.2 Å². The number of carbonyl (C=O) groups is 2. The van der Waals surface area contributed by atoms with Gasteiger partial charge in [0.1, 0.15) is 11.5 Å². The van der Waals surface area contributed by atoms with Crippen LogP contribution in [0.25, 0.3) is 10.9 Å². The topological polar surface area (TPSA) is 86.4 Å². The number of fused-ring (bicyclic) bond motifs is 1. The minimum Gasteiger partial charge on any atom is -0.497 e. The number of anilines is 1. The third-order valence-corrected chi connectivity index (χ3v) is 3.47. The van der Waals surface area contributed by atoms with Crippen LogP contribution in [-0.2, 0) is 0 Å². The van der Waals surface area contributed by atoms with E-state index < -0.39 is 0 Å². The molecule has 3 rings (SSSR count). The van der Waals surface area contributed by atoms with Crippen LogP contribution in [0.3, 0.4) is 0 Å². The Morgan fingerprint density at radius 1 is 1.30 bits per heavy atom. The molecule has 0 saturated carbocycles. The summed E-state index contributed by atoms with van der Waals surface area (Å²) in [6.45, 7) is 3.17. The molecule has 118 valence electrons. The minimum absolute atomic E-state index is 0.184. The van der Waals surface area contributed by atoms with Crippen molar-refractivity contribution in [3.8, 4) is 5.75 Å². The Balaban J connectivity index is 2.08. The van der Waals surface area contributed by atoms with Gasteiger partial charge >= 0.3 is 0 Å². The zero-order valence-electron chi connectivity index (χ0n) is 12.9. The summed E-state index contributed by atoms with van der Waals surface area (Å²) in [6, 6.07) is 6.82. The Morgan fingerprint density at radius 3 is 2.70 bits per heavy atom. The van der Waals surface area contributed by atoms with E-state index in [4.69, 9.17) is 9.26 Å². The maximum absolute atomic E-state index is 12.5. The summed E-state index contributed by atoms with van der Waals surface area (Å²) in [5.74, 6) is 0.949. The summed E-state index contributed by atoms with van der Waals surface area (Å²) in [6.07, 6.45) is 1.51. The Morgan fingerprint density at radius 2 is 2.09 bits per heavy atom. The molecule has 0 aliphatic carbocycles. The minimum atomic E-state index is -0.378. The van der Waals surface area contributed by atoms with Crippen LogP contribution in [0.4, 0.5) is 5.82 Å². The number of nitrogens with zero attached hydrogens (tertiary/aromatic N) is 2. The van der Waals surface area contributed by atoms with Gasteiger partial charge in [0.05, 0.1) is 18.2 Å². The number of rotatable bonds is 3. The van der Waals surface area contributed by atoms with E-state index in [0.717, 1.165) is 0 Å². The molecule has 0 aliphatic rings. The highest BCUT2D eigenvalue weighted by molar-refractivity contribution is 6.14. The Labute approximate surface area is 131 Å². The number of ether oxygens (including phenoxy) is 1. The molecule has 0 spiro atoms. The van der Waals surface area contributed by atoms with E-state index in [0.29, 0.717) is 33.8 Å². The molecule has 23 heavy (non-hydrogen) atoms. The van der Waals surface area contributed by atoms with Crippen molar-refractivity contribution in [1.29, 1.82) is 0 Å². The van der Waals surface area contributed by atoms with Crippen molar-refractivity contribution in [3.63, 3.8) is 0 Å². The van der Waals surface area contributed by atoms with Crippen LogP contribution >= 0.6 is 0 Å². The van der Waals surface area contributed by atoms with Gasteiger partial charge in [-0.2, -0.15) is 0 Å². The number of benzene rings is 1. The second-order valence-corrected chi connectivity index (χ2v) is 5.09. The number of methoxy groups -OCH3 is 1. The quantitative estimate of drug-likeness (QED) is 0.803. The van der Waals surface area contributed by atoms with Gasteiger partial charge in [0.15, 0.2) is 5.82 Å². The zero-order chi connectivity index (χ0) is 16.6. The molecule has 0 radical (unpaired) electrons. The van der Waals surface area contributed by atoms with E-state index in [9.17, 15) is 9.59 Å². The van der Waals surface area contributed by atoms with E-state index in [1.54, 1.807) is 38.3 Å². The summed E-state index contributed by atoms with van der Waals surface area (Å²) in [4.78, 5) is 24.3. The molecule has 2 heterocycles. The largest absolute Gasteiger partial charge is 0.497 e. The molecule has 0 saturated heterocycles. The highest BCUT2D eigenvalue weighted by Crippen LogP contribution is 2.27. The molecule has 3 aromatic rings. The molecule has 7 heteroatoms. The molecule has 1 N–H and O–H groups in total. The van der Waals surface area contributed by atoms with Gasteiger partial charge in [-0.1, -0.05) is 5.16 Å². The first-order chi connectivity index (χ1) is 11.0. The third-order valence-electron chi connectivity index (χ3n) is 3.47. The van der Waals surface area contributed by atoms with Crippen molar-refractivity contribution in [1.82, 2.24) is 9.72 Å². The van der Waals surface area contributed by atoms with Gasteiger partial charge in [-0.15, -0.1) is 0 Å². The molecule has 1 amide bonds. The highest BCUT2D eigenvalue weighted by atomic mass is 16.5. The molecule has 0 aliphatic heterocycles. The number of aryl methyl sites for hydroxylation is 1. The van der Waals surface area contributed by atoms with Crippen LogP contribution in [0.15, 0.2) is 35.0 Å². The van der Waals surface area contributed by atoms with Gasteiger partial charge in [0, 0.05) is 24.6 Å². The van der Waals surface area contributed by atoms with Crippen LogP contribution < -0.4 is 10.1 Å². The number of nitrogens with one attached hydrogen (secondary N) is 1. The number of amides is 1. The van der Waals surface area contributed by atoms with Crippen LogP contribution in [0.5, 0.6) is 5.75 Å². The summed E-state index contributed by atoms with van der Waals surface area (Å²) in [5, 5.41) is 7.01. The molecule has 0 unspecified atom stereocenters. The number of hydrogen-bond donors (Lipinski definition) is 1. The molecule has 0 fully saturated rings. The third kappa shape index (κ3) is 2.68. The Kier molecular flexibility index (Phi) is 3.61. The van der Waals surface area contributed by atoms with Crippen molar-refractivity contribution in [2.75, 3.05) is 12.4 Å². The molecule has 0 atom stereocenters. The van der Waals surface area contributed by atoms with Crippen molar-refractivity contribution in [2.45, 2.75) is 13.8 Å². The van der Waals surface area contributed by atoms with Crippen LogP contribution in [0.2, 0.25) is 0 Å². The number of hydrogen-bond acceptors (Lipinski definition) is 5. The van der Waals surface area contributed by atoms with Gasteiger partial charge in [-0.05, 0) is 25.1 Å². The fourth-order valence-electron chi connectivity index (χ4n) is 2.39. The average Bonchev–Trinajstić information content (AvgIpc) is 3.10. The van der Waals surface area contributed by atoms with Gasteiger partial charge in [0.25, 0.3) is 5.91 Å². The Hall–Kier alpha value is -3.09. The fraction of sp³-hybridized carbons (Fsp3) is 0.188. The number of aromatic nitrogens is 2. The fourth-order valence-corrected chi connectivity index (χ4v) is 2.39. The standard InChI is InChI=1S/C16H15N3O4/c1-9-6-15(18-23-9)17-16(21)13-8-19(10(2)20)14-5-4-11(22-3)7-12(13)14/h4-8H,1-3H3,(H,17,18,21). The van der Waals surface area contributed by atoms with Crippen molar-refractivity contribution >= 4 is 28.5 Å². The van der Waals surface area contributed by atoms with Crippen molar-refractivity contribution in [2.24, 2.45) is 0 Å². The summed E-state index contributed by atoms with van der Waals surface area (Å²) in [7, 11) is 1.54. The van der Waals surface area contributed by atoms with Crippen LogP contribution in [0.1, 0.15) is 27.8 Å². The summed E-state index contributed by atoms with van der Waals surface area (Å²) >= 11 is 0. The van der Waals surface area contributed by atoms with E-state index >= 15 is 0 Å². The first kappa shape index (κ1) is 14.8. The normalized spacial score (nSPS) is 10.7.